The van der Waals surface area contributed by atoms with Crippen LogP contribution in [0.2, 0.25) is 0 Å². The Morgan fingerprint density at radius 2 is 1.88 bits per heavy atom. The zero-order chi connectivity index (χ0) is 29.9. The largest absolute Gasteiger partial charge is 0.496 e. The van der Waals surface area contributed by atoms with Crippen LogP contribution in [0.1, 0.15) is 35.4 Å². The Labute approximate surface area is 243 Å². The van der Waals surface area contributed by atoms with Gasteiger partial charge in [-0.1, -0.05) is 18.2 Å². The summed E-state index contributed by atoms with van der Waals surface area (Å²) in [6.07, 6.45) is -1.29. The van der Waals surface area contributed by atoms with Crippen LogP contribution in [-0.4, -0.2) is 68.3 Å². The minimum absolute atomic E-state index is 0.0371. The molecule has 3 heterocycles. The van der Waals surface area contributed by atoms with Gasteiger partial charge in [-0.15, -0.1) is 0 Å². The maximum absolute atomic E-state index is 13.3. The predicted octanol–water partition coefficient (Wildman–Crippen LogP) is 5.01. The average molecular weight is 579 g/mol. The Morgan fingerprint density at radius 3 is 2.55 bits per heavy atom. The van der Waals surface area contributed by atoms with Gasteiger partial charge in [0.05, 0.1) is 35.7 Å². The number of urea groups is 1. The third-order valence-corrected chi connectivity index (χ3v) is 8.04. The topological polar surface area (TPSA) is 93.5 Å². The smallest absolute Gasteiger partial charge is 0.416 e. The number of para-hydroxylation sites is 1. The first-order valence-electron chi connectivity index (χ1n) is 13.9. The number of likely N-dealkylation sites (N-methyl/N-ethyl adjacent to an activating group) is 1. The standard InChI is InChI=1S/C31H33F3N6O2/c1-39-13-11-23(18-39)37-30(41)38-27-19-40(28-10-8-22(31(32,33)34)15-21(28)16-35)14-12-24(27)20-7-9-26(36-17-20)25-5-3-4-6-29(25)42-2/h3-10,15,17,23-24,27H,11-14,18-19H2,1-2H3,(H2,37,38,41)/t23?,24-,27?/m0/s1. The Hall–Kier alpha value is -4.30. The summed E-state index contributed by atoms with van der Waals surface area (Å²) in [5.41, 5.74) is 2.05. The molecule has 2 aliphatic rings. The molecule has 0 spiro atoms. The van der Waals surface area contributed by atoms with E-state index >= 15 is 0 Å². The first kappa shape index (κ1) is 29.2. The zero-order valence-corrected chi connectivity index (χ0v) is 23.5. The summed E-state index contributed by atoms with van der Waals surface area (Å²) >= 11 is 0. The first-order valence-corrected chi connectivity index (χ1v) is 13.9. The van der Waals surface area contributed by atoms with Crippen molar-refractivity contribution < 1.29 is 22.7 Å². The van der Waals surface area contributed by atoms with Crippen molar-refractivity contribution in [3.8, 4) is 23.1 Å². The highest BCUT2D eigenvalue weighted by Gasteiger charge is 2.35. The molecule has 0 aliphatic carbocycles. The van der Waals surface area contributed by atoms with Gasteiger partial charge in [0.15, 0.2) is 0 Å². The van der Waals surface area contributed by atoms with Crippen molar-refractivity contribution in [3.05, 3.63) is 77.5 Å². The lowest BCUT2D eigenvalue weighted by atomic mass is 9.85. The number of nitriles is 1. The second-order valence-corrected chi connectivity index (χ2v) is 10.8. The molecule has 2 amide bonds. The van der Waals surface area contributed by atoms with Gasteiger partial charge >= 0.3 is 12.2 Å². The van der Waals surface area contributed by atoms with Crippen LogP contribution in [0.3, 0.4) is 0 Å². The number of piperidine rings is 1. The Bertz CT molecular complexity index is 1460. The van der Waals surface area contributed by atoms with Crippen molar-refractivity contribution in [2.24, 2.45) is 0 Å². The minimum atomic E-state index is -4.55. The van der Waals surface area contributed by atoms with E-state index in [4.69, 9.17) is 9.72 Å². The van der Waals surface area contributed by atoms with Crippen LogP contribution in [-0.2, 0) is 6.18 Å². The number of hydrogen-bond donors (Lipinski definition) is 2. The lowest BCUT2D eigenvalue weighted by molar-refractivity contribution is -0.137. The molecule has 0 bridgehead atoms. The molecule has 0 saturated carbocycles. The molecule has 8 nitrogen and oxygen atoms in total. The van der Waals surface area contributed by atoms with Crippen LogP contribution < -0.4 is 20.3 Å². The van der Waals surface area contributed by atoms with Gasteiger partial charge in [0.1, 0.15) is 11.8 Å². The molecule has 2 aliphatic heterocycles. The number of benzene rings is 2. The molecule has 2 fully saturated rings. The number of nitrogens with zero attached hydrogens (tertiary/aromatic N) is 4. The number of alkyl halides is 3. The van der Waals surface area contributed by atoms with Crippen LogP contribution in [0, 0.1) is 11.3 Å². The molecule has 220 valence electrons. The molecule has 3 atom stereocenters. The molecule has 2 aromatic carbocycles. The minimum Gasteiger partial charge on any atom is -0.496 e. The molecular formula is C31H33F3N6O2. The van der Waals surface area contributed by atoms with Crippen LogP contribution in [0.25, 0.3) is 11.3 Å². The van der Waals surface area contributed by atoms with Gasteiger partial charge in [-0.3, -0.25) is 4.98 Å². The van der Waals surface area contributed by atoms with E-state index in [1.807, 2.05) is 54.4 Å². The van der Waals surface area contributed by atoms with E-state index in [0.29, 0.717) is 30.9 Å². The number of hydrogen-bond acceptors (Lipinski definition) is 6. The summed E-state index contributed by atoms with van der Waals surface area (Å²) in [5.74, 6) is 0.613. The monoisotopic (exact) mass is 578 g/mol. The normalized spacial score (nSPS) is 21.0. The highest BCUT2D eigenvalue weighted by atomic mass is 19.4. The number of amides is 2. The molecule has 2 unspecified atom stereocenters. The number of carbonyl (C=O) groups is 1. The highest BCUT2D eigenvalue weighted by Crippen LogP contribution is 2.36. The number of likely N-dealkylation sites (tertiary alicyclic amines) is 1. The summed E-state index contributed by atoms with van der Waals surface area (Å²) in [6.45, 7) is 2.47. The molecule has 2 saturated heterocycles. The first-order chi connectivity index (χ1) is 20.2. The van der Waals surface area contributed by atoms with Crippen LogP contribution in [0.15, 0.2) is 60.8 Å². The summed E-state index contributed by atoms with van der Waals surface area (Å²) in [6, 6.07) is 16.0. The number of aromatic nitrogens is 1. The molecule has 3 aromatic rings. The highest BCUT2D eigenvalue weighted by molar-refractivity contribution is 5.75. The van der Waals surface area contributed by atoms with Crippen molar-refractivity contribution in [1.82, 2.24) is 20.5 Å². The number of ether oxygens (including phenoxy) is 1. The molecule has 2 N–H and O–H groups in total. The van der Waals surface area contributed by atoms with E-state index in [2.05, 4.69) is 15.5 Å². The number of halogens is 3. The van der Waals surface area contributed by atoms with E-state index in [-0.39, 0.29) is 29.6 Å². The number of nitrogens with one attached hydrogen (secondary N) is 2. The average Bonchev–Trinajstić information content (AvgIpc) is 3.40. The second-order valence-electron chi connectivity index (χ2n) is 10.8. The summed E-state index contributed by atoms with van der Waals surface area (Å²) < 4.78 is 45.4. The van der Waals surface area contributed by atoms with Crippen LogP contribution in [0.5, 0.6) is 5.75 Å². The van der Waals surface area contributed by atoms with Crippen molar-refractivity contribution >= 4 is 11.7 Å². The quantitative estimate of drug-likeness (QED) is 0.427. The van der Waals surface area contributed by atoms with Crippen molar-refractivity contribution in [2.75, 3.05) is 45.2 Å². The summed E-state index contributed by atoms with van der Waals surface area (Å²) in [4.78, 5) is 21.8. The van der Waals surface area contributed by atoms with Gasteiger partial charge in [-0.2, -0.15) is 18.4 Å². The van der Waals surface area contributed by atoms with Crippen molar-refractivity contribution in [2.45, 2.75) is 37.0 Å². The fraction of sp³-hybridized carbons (Fsp3) is 0.387. The van der Waals surface area contributed by atoms with E-state index in [1.54, 1.807) is 13.3 Å². The fourth-order valence-corrected chi connectivity index (χ4v) is 5.88. The summed E-state index contributed by atoms with van der Waals surface area (Å²) in [5, 5.41) is 15.9. The van der Waals surface area contributed by atoms with E-state index in [9.17, 15) is 23.2 Å². The third kappa shape index (κ3) is 6.44. The number of anilines is 1. The van der Waals surface area contributed by atoms with Crippen molar-refractivity contribution in [3.63, 3.8) is 0 Å². The number of pyridine rings is 1. The Morgan fingerprint density at radius 1 is 1.07 bits per heavy atom. The van der Waals surface area contributed by atoms with E-state index in [1.165, 1.54) is 6.07 Å². The predicted molar refractivity (Wildman–Crippen MR) is 153 cm³/mol. The Kier molecular flexibility index (Phi) is 8.54. The lowest BCUT2D eigenvalue weighted by Crippen LogP contribution is -2.55. The molecule has 5 rings (SSSR count). The van der Waals surface area contributed by atoms with Crippen LogP contribution >= 0.6 is 0 Å². The van der Waals surface area contributed by atoms with Gasteiger partial charge in [0, 0.05) is 43.4 Å². The molecular weight excluding hydrogens is 545 g/mol. The van der Waals surface area contributed by atoms with E-state index < -0.39 is 11.7 Å². The molecule has 42 heavy (non-hydrogen) atoms. The van der Waals surface area contributed by atoms with Gasteiger partial charge in [-0.25, -0.2) is 4.79 Å². The van der Waals surface area contributed by atoms with Gasteiger partial charge in [0.25, 0.3) is 0 Å². The number of rotatable bonds is 6. The lowest BCUT2D eigenvalue weighted by Gasteiger charge is -2.40. The number of methoxy groups -OCH3 is 1. The van der Waals surface area contributed by atoms with Crippen LogP contribution in [0.4, 0.5) is 23.7 Å². The van der Waals surface area contributed by atoms with Gasteiger partial charge < -0.3 is 25.2 Å². The zero-order valence-electron chi connectivity index (χ0n) is 23.5. The SMILES string of the molecule is COc1ccccc1-c1ccc([C@@H]2CCN(c3ccc(C(F)(F)F)cc3C#N)CC2NC(=O)NC2CCN(C)C2)cn1. The van der Waals surface area contributed by atoms with E-state index in [0.717, 1.165) is 48.5 Å². The number of carbonyl (C=O) groups excluding carboxylic acids is 1. The molecule has 1 aromatic heterocycles. The Balaban J connectivity index is 1.40. The maximum Gasteiger partial charge on any atom is 0.416 e. The molecule has 0 radical (unpaired) electrons. The fourth-order valence-electron chi connectivity index (χ4n) is 5.88. The molecule has 11 heteroatoms. The maximum atomic E-state index is 13.3. The third-order valence-electron chi connectivity index (χ3n) is 8.04. The van der Waals surface area contributed by atoms with Gasteiger partial charge in [-0.05, 0) is 68.4 Å². The second kappa shape index (κ2) is 12.3. The summed E-state index contributed by atoms with van der Waals surface area (Å²) in [7, 11) is 3.62. The van der Waals surface area contributed by atoms with Crippen molar-refractivity contribution in [1.29, 1.82) is 5.26 Å². The van der Waals surface area contributed by atoms with Gasteiger partial charge in [0.2, 0.25) is 0 Å².